The SMILES string of the molecule is CCCN(CC(=O)O)C(=O)NCCOCC. The molecular formula is C10H20N2O4. The fourth-order valence-corrected chi connectivity index (χ4v) is 1.17. The van der Waals surface area contributed by atoms with E-state index in [9.17, 15) is 9.59 Å². The number of carboxylic acids is 1. The summed E-state index contributed by atoms with van der Waals surface area (Å²) in [7, 11) is 0. The zero-order valence-corrected chi connectivity index (χ0v) is 9.86. The first kappa shape index (κ1) is 14.7. The Bertz CT molecular complexity index is 221. The minimum atomic E-state index is -1.01. The van der Waals surface area contributed by atoms with E-state index in [1.165, 1.54) is 4.90 Å². The van der Waals surface area contributed by atoms with Crippen molar-refractivity contribution in [1.82, 2.24) is 10.2 Å². The molecule has 0 aromatic heterocycles. The van der Waals surface area contributed by atoms with E-state index in [0.717, 1.165) is 6.42 Å². The molecule has 0 aliphatic carbocycles. The van der Waals surface area contributed by atoms with Gasteiger partial charge in [-0.05, 0) is 13.3 Å². The average molecular weight is 232 g/mol. The van der Waals surface area contributed by atoms with Crippen LogP contribution in [-0.4, -0.2) is 54.9 Å². The standard InChI is InChI=1S/C10H20N2O4/c1-3-6-12(8-9(13)14)10(15)11-5-7-16-4-2/h3-8H2,1-2H3,(H,11,15)(H,13,14). The van der Waals surface area contributed by atoms with E-state index in [1.807, 2.05) is 13.8 Å². The Balaban J connectivity index is 3.91. The van der Waals surface area contributed by atoms with Gasteiger partial charge in [0.25, 0.3) is 0 Å². The molecule has 2 N–H and O–H groups in total. The topological polar surface area (TPSA) is 78.9 Å². The second kappa shape index (κ2) is 8.96. The molecule has 0 atom stereocenters. The highest BCUT2D eigenvalue weighted by atomic mass is 16.5. The normalized spacial score (nSPS) is 9.88. The van der Waals surface area contributed by atoms with Gasteiger partial charge in [0.1, 0.15) is 6.54 Å². The van der Waals surface area contributed by atoms with E-state index in [0.29, 0.717) is 26.3 Å². The number of hydrogen-bond donors (Lipinski definition) is 2. The van der Waals surface area contributed by atoms with E-state index in [2.05, 4.69) is 5.32 Å². The van der Waals surface area contributed by atoms with Gasteiger partial charge in [-0.2, -0.15) is 0 Å². The number of rotatable bonds is 8. The monoisotopic (exact) mass is 232 g/mol. The van der Waals surface area contributed by atoms with Crippen LogP contribution in [0.3, 0.4) is 0 Å². The van der Waals surface area contributed by atoms with E-state index in [-0.39, 0.29) is 12.6 Å². The molecular weight excluding hydrogens is 212 g/mol. The van der Waals surface area contributed by atoms with E-state index >= 15 is 0 Å². The maximum Gasteiger partial charge on any atom is 0.323 e. The Kier molecular flexibility index (Phi) is 8.24. The van der Waals surface area contributed by atoms with Crippen LogP contribution in [0.25, 0.3) is 0 Å². The number of carbonyl (C=O) groups is 2. The van der Waals surface area contributed by atoms with Gasteiger partial charge in [0, 0.05) is 19.7 Å². The zero-order chi connectivity index (χ0) is 12.4. The molecule has 0 bridgehead atoms. The summed E-state index contributed by atoms with van der Waals surface area (Å²) in [5.74, 6) is -1.01. The predicted molar refractivity (Wildman–Crippen MR) is 59.4 cm³/mol. The number of nitrogens with zero attached hydrogens (tertiary/aromatic N) is 1. The largest absolute Gasteiger partial charge is 0.480 e. The van der Waals surface area contributed by atoms with Crippen LogP contribution in [0.15, 0.2) is 0 Å². The number of carbonyl (C=O) groups excluding carboxylic acids is 1. The second-order valence-corrected chi connectivity index (χ2v) is 3.24. The van der Waals surface area contributed by atoms with Gasteiger partial charge in [0.2, 0.25) is 0 Å². The summed E-state index contributed by atoms with van der Waals surface area (Å²) < 4.78 is 5.06. The predicted octanol–water partition coefficient (Wildman–Crippen LogP) is 0.529. The molecule has 0 aromatic carbocycles. The van der Waals surface area contributed by atoms with Gasteiger partial charge in [0.15, 0.2) is 0 Å². The summed E-state index contributed by atoms with van der Waals surface area (Å²) in [5.41, 5.74) is 0. The maximum atomic E-state index is 11.5. The highest BCUT2D eigenvalue weighted by molar-refractivity contribution is 5.80. The summed E-state index contributed by atoms with van der Waals surface area (Å²) in [4.78, 5) is 23.3. The number of ether oxygens (including phenoxy) is 1. The third-order valence-electron chi connectivity index (χ3n) is 1.83. The first-order valence-electron chi connectivity index (χ1n) is 5.44. The van der Waals surface area contributed by atoms with Crippen LogP contribution in [0.1, 0.15) is 20.3 Å². The van der Waals surface area contributed by atoms with Crippen LogP contribution in [-0.2, 0) is 9.53 Å². The molecule has 6 nitrogen and oxygen atoms in total. The van der Waals surface area contributed by atoms with Gasteiger partial charge >= 0.3 is 12.0 Å². The quantitative estimate of drug-likeness (QED) is 0.598. The number of carboxylic acid groups (broad SMARTS) is 1. The van der Waals surface area contributed by atoms with E-state index in [1.54, 1.807) is 0 Å². The molecule has 0 radical (unpaired) electrons. The molecule has 0 heterocycles. The number of nitrogens with one attached hydrogen (secondary N) is 1. The van der Waals surface area contributed by atoms with Crippen molar-refractivity contribution in [3.05, 3.63) is 0 Å². The molecule has 16 heavy (non-hydrogen) atoms. The molecule has 0 saturated carbocycles. The van der Waals surface area contributed by atoms with Crippen molar-refractivity contribution in [2.45, 2.75) is 20.3 Å². The van der Waals surface area contributed by atoms with Crippen molar-refractivity contribution in [3.8, 4) is 0 Å². The Morgan fingerprint density at radius 1 is 1.38 bits per heavy atom. The lowest BCUT2D eigenvalue weighted by Gasteiger charge is -2.20. The summed E-state index contributed by atoms with van der Waals surface area (Å²) in [6.45, 7) is 5.37. The molecule has 0 spiro atoms. The minimum absolute atomic E-state index is 0.270. The third kappa shape index (κ3) is 7.05. The van der Waals surface area contributed by atoms with Gasteiger partial charge in [0.05, 0.1) is 6.61 Å². The Hall–Kier alpha value is -1.30. The van der Waals surface area contributed by atoms with E-state index < -0.39 is 5.97 Å². The molecule has 94 valence electrons. The zero-order valence-electron chi connectivity index (χ0n) is 9.86. The van der Waals surface area contributed by atoms with Crippen LogP contribution in [0, 0.1) is 0 Å². The molecule has 0 unspecified atom stereocenters. The summed E-state index contributed by atoms with van der Waals surface area (Å²) >= 11 is 0. The summed E-state index contributed by atoms with van der Waals surface area (Å²) in [5, 5.41) is 11.2. The van der Waals surface area contributed by atoms with Crippen molar-refractivity contribution >= 4 is 12.0 Å². The smallest absolute Gasteiger partial charge is 0.323 e. The summed E-state index contributed by atoms with van der Waals surface area (Å²) in [6.07, 6.45) is 0.728. The lowest BCUT2D eigenvalue weighted by Crippen LogP contribution is -2.44. The number of amides is 2. The number of urea groups is 1. The molecule has 2 amide bonds. The molecule has 0 fully saturated rings. The van der Waals surface area contributed by atoms with Crippen molar-refractivity contribution in [1.29, 1.82) is 0 Å². The van der Waals surface area contributed by atoms with Crippen molar-refractivity contribution < 1.29 is 19.4 Å². The maximum absolute atomic E-state index is 11.5. The highest BCUT2D eigenvalue weighted by Crippen LogP contribution is 1.92. The first-order chi connectivity index (χ1) is 7.61. The molecule has 6 heteroatoms. The van der Waals surface area contributed by atoms with E-state index in [4.69, 9.17) is 9.84 Å². The Labute approximate surface area is 95.6 Å². The number of aliphatic carboxylic acids is 1. The lowest BCUT2D eigenvalue weighted by atomic mass is 10.4. The van der Waals surface area contributed by atoms with Gasteiger partial charge < -0.3 is 20.1 Å². The molecule has 0 aliphatic heterocycles. The van der Waals surface area contributed by atoms with Gasteiger partial charge in [-0.3, -0.25) is 4.79 Å². The minimum Gasteiger partial charge on any atom is -0.480 e. The molecule has 0 aliphatic rings. The van der Waals surface area contributed by atoms with Gasteiger partial charge in [-0.1, -0.05) is 6.92 Å². The van der Waals surface area contributed by atoms with Crippen molar-refractivity contribution in [2.75, 3.05) is 32.8 Å². The van der Waals surface area contributed by atoms with Crippen LogP contribution in [0.5, 0.6) is 0 Å². The van der Waals surface area contributed by atoms with Gasteiger partial charge in [-0.15, -0.1) is 0 Å². The Morgan fingerprint density at radius 3 is 2.56 bits per heavy atom. The number of hydrogen-bond acceptors (Lipinski definition) is 3. The first-order valence-corrected chi connectivity index (χ1v) is 5.44. The molecule has 0 rings (SSSR count). The summed E-state index contributed by atoms with van der Waals surface area (Å²) in [6, 6.07) is -0.357. The van der Waals surface area contributed by atoms with Gasteiger partial charge in [-0.25, -0.2) is 4.79 Å². The third-order valence-corrected chi connectivity index (χ3v) is 1.83. The molecule has 0 aromatic rings. The van der Waals surface area contributed by atoms with Crippen molar-refractivity contribution in [2.24, 2.45) is 0 Å². The highest BCUT2D eigenvalue weighted by Gasteiger charge is 2.14. The van der Waals surface area contributed by atoms with Crippen LogP contribution < -0.4 is 5.32 Å². The van der Waals surface area contributed by atoms with Crippen molar-refractivity contribution in [3.63, 3.8) is 0 Å². The van der Waals surface area contributed by atoms with Crippen LogP contribution in [0.4, 0.5) is 4.79 Å². The lowest BCUT2D eigenvalue weighted by molar-refractivity contribution is -0.137. The fourth-order valence-electron chi connectivity index (χ4n) is 1.17. The van der Waals surface area contributed by atoms with Crippen LogP contribution in [0.2, 0.25) is 0 Å². The fraction of sp³-hybridized carbons (Fsp3) is 0.800. The Morgan fingerprint density at radius 2 is 2.06 bits per heavy atom. The van der Waals surface area contributed by atoms with Crippen LogP contribution >= 0.6 is 0 Å². The molecule has 0 saturated heterocycles. The second-order valence-electron chi connectivity index (χ2n) is 3.24. The average Bonchev–Trinajstić information content (AvgIpc) is 2.23.